The molecule has 0 aliphatic carbocycles. The summed E-state index contributed by atoms with van der Waals surface area (Å²) in [5, 5.41) is 72.6. The van der Waals surface area contributed by atoms with Gasteiger partial charge in [-0.2, -0.15) is 25.5 Å². The van der Waals surface area contributed by atoms with Gasteiger partial charge < -0.3 is 49.8 Å². The van der Waals surface area contributed by atoms with Crippen molar-refractivity contribution in [2.24, 2.45) is 0 Å². The Morgan fingerprint density at radius 1 is 0.482 bits per heavy atom. The fourth-order valence-corrected chi connectivity index (χ4v) is 9.90. The number of hydrogen-bond acceptors (Lipinski definition) is 20. The van der Waals surface area contributed by atoms with Crippen LogP contribution < -0.4 is 10.6 Å². The lowest BCUT2D eigenvalue weighted by Crippen LogP contribution is -2.28. The summed E-state index contributed by atoms with van der Waals surface area (Å²) in [4.78, 5) is 73.6. The summed E-state index contributed by atoms with van der Waals surface area (Å²) >= 11 is 5.56. The van der Waals surface area contributed by atoms with E-state index in [-0.39, 0.29) is 63.2 Å². The second-order valence-electron chi connectivity index (χ2n) is 25.1. The van der Waals surface area contributed by atoms with Crippen LogP contribution >= 0.6 is 11.6 Å². The number of aliphatic hydroxyl groups is 4. The molecule has 0 atom stereocenters. The summed E-state index contributed by atoms with van der Waals surface area (Å²) in [6.45, 7) is 20.4. The van der Waals surface area contributed by atoms with E-state index in [0.717, 1.165) is 67.6 Å². The number of halogens is 1. The highest BCUT2D eigenvalue weighted by Gasteiger charge is 2.19. The van der Waals surface area contributed by atoms with Crippen LogP contribution in [0.25, 0.3) is 0 Å². The highest BCUT2D eigenvalue weighted by atomic mass is 35.5. The number of aromatic carboxylic acids is 1. The Morgan fingerprint density at radius 3 is 1.15 bits per heavy atom. The molecule has 11 rings (SSSR count). The number of aromatic amines is 1. The number of alkyl halides is 1. The molecule has 28 nitrogen and oxygen atoms in total. The Bertz CT molecular complexity index is 4440. The van der Waals surface area contributed by atoms with Gasteiger partial charge in [0.1, 0.15) is 11.4 Å². The number of rotatable bonds is 25. The van der Waals surface area contributed by atoms with Crippen molar-refractivity contribution in [3.05, 3.63) is 290 Å². The number of carboxylic acids is 1. The zero-order valence-electron chi connectivity index (χ0n) is 62.5. The van der Waals surface area contributed by atoms with E-state index in [1.54, 1.807) is 91.1 Å². The van der Waals surface area contributed by atoms with Gasteiger partial charge in [-0.1, -0.05) is 136 Å². The molecule has 5 aromatic carbocycles. The third kappa shape index (κ3) is 30.7. The summed E-state index contributed by atoms with van der Waals surface area (Å²) < 4.78 is 26.5. The van der Waals surface area contributed by atoms with Gasteiger partial charge >= 0.3 is 30.0 Å². The van der Waals surface area contributed by atoms with Gasteiger partial charge in [-0.25, -0.2) is 29.0 Å². The molecule has 0 saturated carbocycles. The number of H-pyrrole nitrogens is 1. The highest BCUT2D eigenvalue weighted by Crippen LogP contribution is 2.20. The average Bonchev–Trinajstić information content (AvgIpc) is 0.928. The number of carbonyl (C=O) groups excluding carboxylic acids is 5. The van der Waals surface area contributed by atoms with E-state index < -0.39 is 17.7 Å². The molecule has 11 aromatic rings. The van der Waals surface area contributed by atoms with Gasteiger partial charge in [0.05, 0.1) is 131 Å². The molecule has 29 heteroatoms. The van der Waals surface area contributed by atoms with Crippen molar-refractivity contribution in [3.63, 3.8) is 0 Å². The molecule has 8 N–H and O–H groups in total. The number of nitrogens with zero attached hydrogens (tertiary/aromatic N) is 10. The lowest BCUT2D eigenvalue weighted by Gasteiger charge is -2.20. The predicted molar refractivity (Wildman–Crippen MR) is 415 cm³/mol. The largest absolute Gasteiger partial charge is 0.478 e. The molecular formula is C81H98ClN13O15. The summed E-state index contributed by atoms with van der Waals surface area (Å²) in [5.74, 6) is -1.31. The van der Waals surface area contributed by atoms with Crippen LogP contribution in [0.3, 0.4) is 0 Å². The Labute approximate surface area is 644 Å². The number of pyridine rings is 1. The van der Waals surface area contributed by atoms with Crippen LogP contribution in [0.5, 0.6) is 0 Å². The number of aromatic nitrogens is 11. The zero-order chi connectivity index (χ0) is 79.3. The lowest BCUT2D eigenvalue weighted by molar-refractivity contribution is 0.0516. The smallest absolute Gasteiger partial charge is 0.413 e. The molecule has 0 unspecified atom stereocenters. The van der Waals surface area contributed by atoms with Crippen LogP contribution in [0, 0.1) is 13.8 Å². The second kappa shape index (κ2) is 46.3. The van der Waals surface area contributed by atoms with Crippen molar-refractivity contribution < 1.29 is 73.2 Å². The van der Waals surface area contributed by atoms with Crippen LogP contribution in [0.2, 0.25) is 0 Å². The topological polar surface area (TPSA) is 377 Å². The van der Waals surface area contributed by atoms with E-state index >= 15 is 0 Å². The molecule has 0 bridgehead atoms. The molecule has 6 aromatic heterocycles. The van der Waals surface area contributed by atoms with Crippen molar-refractivity contribution in [1.82, 2.24) is 59.6 Å². The third-order valence-corrected chi connectivity index (χ3v) is 15.8. The van der Waals surface area contributed by atoms with Gasteiger partial charge in [-0.05, 0) is 135 Å². The maximum atomic E-state index is 12.6. The number of amides is 2. The first-order chi connectivity index (χ1) is 52.4. The summed E-state index contributed by atoms with van der Waals surface area (Å²) in [6.07, 6.45) is 15.9. The van der Waals surface area contributed by atoms with Crippen LogP contribution in [-0.4, -0.2) is 141 Å². The number of anilines is 1. The molecule has 2 amide bonds. The SMILES string of the molecule is C.CCOC(=O)c1cn[nH]c1.CCOC(=O)c1cnn(Cc2ccc(CC)cc2)c1.CCOC(=O)c1cnn(Cc2ccc(CO)cc2)c1.Cc1cc(NC(=O)OC(C)(C)C)nc(C)c1CNC(=O)c1cnn(Cc2ccc(CO)cc2)c1.O=C(O)c1cnn(Cc2ccc(CO)cc2)c1.OCc1ccc(CCl)cc1. The third-order valence-electron chi connectivity index (χ3n) is 15.5. The number of carboxylic acid groups (broad SMARTS) is 1. The van der Waals surface area contributed by atoms with Crippen LogP contribution in [-0.2, 0) is 90.4 Å². The monoisotopic (exact) mass is 1530 g/mol. The molecule has 0 spiro atoms. The van der Waals surface area contributed by atoms with Crippen molar-refractivity contribution in [2.45, 2.75) is 147 Å². The van der Waals surface area contributed by atoms with Crippen LogP contribution in [0.1, 0.15) is 180 Å². The predicted octanol–water partition coefficient (Wildman–Crippen LogP) is 12.2. The van der Waals surface area contributed by atoms with Crippen LogP contribution in [0.4, 0.5) is 10.6 Å². The molecule has 584 valence electrons. The molecular weight excluding hydrogens is 1430 g/mol. The van der Waals surface area contributed by atoms with Gasteiger partial charge in [0.15, 0.2) is 0 Å². The Balaban J connectivity index is 0.000000248. The molecule has 0 aliphatic heterocycles. The molecule has 0 fully saturated rings. The Morgan fingerprint density at radius 2 is 0.827 bits per heavy atom. The van der Waals surface area contributed by atoms with E-state index in [1.165, 1.54) is 42.7 Å². The van der Waals surface area contributed by atoms with Crippen molar-refractivity contribution >= 4 is 53.3 Å². The van der Waals surface area contributed by atoms with E-state index in [2.05, 4.69) is 82.1 Å². The maximum Gasteiger partial charge on any atom is 0.413 e. The summed E-state index contributed by atoms with van der Waals surface area (Å²) in [5.41, 5.74) is 14.0. The van der Waals surface area contributed by atoms with Crippen molar-refractivity contribution in [3.8, 4) is 0 Å². The van der Waals surface area contributed by atoms with Gasteiger partial charge in [0.2, 0.25) is 0 Å². The number of aliphatic hydroxyl groups excluding tert-OH is 4. The zero-order valence-corrected chi connectivity index (χ0v) is 63.2. The molecule has 6 heterocycles. The number of ether oxygens (including phenoxy) is 4. The number of nitrogens with one attached hydrogen (secondary N) is 3. The Hall–Kier alpha value is -12.0. The first kappa shape index (κ1) is 88.7. The minimum Gasteiger partial charge on any atom is -0.478 e. The first-order valence-electron chi connectivity index (χ1n) is 34.9. The lowest BCUT2D eigenvalue weighted by atomic mass is 10.1. The highest BCUT2D eigenvalue weighted by molar-refractivity contribution is 6.17. The van der Waals surface area contributed by atoms with Gasteiger partial charge in [-0.15, -0.1) is 11.6 Å². The maximum absolute atomic E-state index is 12.6. The number of aryl methyl sites for hydroxylation is 3. The summed E-state index contributed by atoms with van der Waals surface area (Å²) in [6, 6.07) is 40.3. The molecule has 0 saturated heterocycles. The van der Waals surface area contributed by atoms with Crippen molar-refractivity contribution in [1.29, 1.82) is 0 Å². The van der Waals surface area contributed by atoms with E-state index in [1.807, 2.05) is 111 Å². The first-order valence-corrected chi connectivity index (χ1v) is 35.4. The number of carbonyl (C=O) groups is 6. The minimum atomic E-state index is -0.980. The number of esters is 3. The quantitative estimate of drug-likeness (QED) is 0.0150. The van der Waals surface area contributed by atoms with E-state index in [0.29, 0.717) is 92.2 Å². The normalized spacial score (nSPS) is 10.4. The average molecular weight is 1530 g/mol. The fraction of sp³-hybridized carbons (Fsp3) is 0.309. The number of benzene rings is 5. The minimum absolute atomic E-state index is 0. The standard InChI is InChI=1S/C25H31N5O4.C15H18N2O2.C14H16N2O3.C12H12N2O3.C8H9ClO.C6H8N2O2.CH4/c1-16-10-22(29-24(33)34-25(3,4)5)28-17(2)21(16)12-26-23(32)20-11-27-30(14-20)13-18-6-8-19(15-31)9-7-18;1-3-12-5-7-13(8-6-12)10-17-11-14(9-16-17)15(18)19-4-2;1-2-19-14(18)13-7-15-16(9-13)8-11-3-5-12(10-17)6-4-11;15-8-10-3-1-9(2-4-10)6-14-7-11(5-13-14)12(16)17;9-5-7-1-3-8(6-10)4-2-7;1-2-10-6(9)5-3-7-8-4-5;/h6-11,14,31H,12-13,15H2,1-5H3,(H,26,32)(H,28,29,33);5-9,11H,3-4,10H2,1-2H3;3-7,9,17H,2,8,10H2,1H3;1-5,7,15H,6,8H2,(H,16,17);1-4,10H,5-6H2;3-4H,2H2,1H3,(H,7,8);1H4. The fourth-order valence-electron chi connectivity index (χ4n) is 9.73. The van der Waals surface area contributed by atoms with Gasteiger partial charge in [0, 0.05) is 49.1 Å². The molecule has 0 aliphatic rings. The molecule has 0 radical (unpaired) electrons. The number of hydrogen-bond donors (Lipinski definition) is 8. The second-order valence-corrected chi connectivity index (χ2v) is 25.3. The van der Waals surface area contributed by atoms with Gasteiger partial charge in [-0.3, -0.25) is 33.9 Å². The van der Waals surface area contributed by atoms with Gasteiger partial charge in [0.25, 0.3) is 5.91 Å². The van der Waals surface area contributed by atoms with Crippen molar-refractivity contribution in [2.75, 3.05) is 25.1 Å². The van der Waals surface area contributed by atoms with Crippen LogP contribution in [0.15, 0.2) is 189 Å². The summed E-state index contributed by atoms with van der Waals surface area (Å²) in [7, 11) is 0. The Kier molecular flexibility index (Phi) is 37.3. The van der Waals surface area contributed by atoms with E-state index in [9.17, 15) is 28.8 Å². The van der Waals surface area contributed by atoms with E-state index in [4.69, 9.17) is 51.3 Å². The molecule has 110 heavy (non-hydrogen) atoms.